The molecule has 0 aromatic carbocycles. The summed E-state index contributed by atoms with van der Waals surface area (Å²) in [6.45, 7) is 11.1. The molecule has 3 unspecified atom stereocenters. The summed E-state index contributed by atoms with van der Waals surface area (Å²) in [4.78, 5) is 0. The van der Waals surface area contributed by atoms with Crippen LogP contribution in [0.4, 0.5) is 0 Å². The van der Waals surface area contributed by atoms with E-state index in [1.165, 1.54) is 0 Å². The highest BCUT2D eigenvalue weighted by atomic mass is 28.3. The van der Waals surface area contributed by atoms with Crippen LogP contribution in [0.1, 0.15) is 46.0 Å². The Labute approximate surface area is 143 Å². The molecular formula is C17H36O5Si. The summed E-state index contributed by atoms with van der Waals surface area (Å²) < 4.78 is 28.3. The number of rotatable bonds is 17. The van der Waals surface area contributed by atoms with E-state index in [9.17, 15) is 0 Å². The van der Waals surface area contributed by atoms with Gasteiger partial charge in [0.2, 0.25) is 0 Å². The van der Waals surface area contributed by atoms with E-state index in [2.05, 4.69) is 20.4 Å². The Morgan fingerprint density at radius 2 is 1.74 bits per heavy atom. The molecule has 1 aliphatic rings. The van der Waals surface area contributed by atoms with Crippen molar-refractivity contribution in [2.75, 3.05) is 39.6 Å². The Hall–Kier alpha value is 0.0169. The maximum absolute atomic E-state index is 6.13. The van der Waals surface area contributed by atoms with Gasteiger partial charge in [0.25, 0.3) is 0 Å². The number of hydrogen-bond donors (Lipinski definition) is 0. The molecule has 0 spiro atoms. The minimum absolute atomic E-state index is 0.194. The molecule has 3 atom stereocenters. The smallest absolute Gasteiger partial charge is 0.177 e. The first-order valence-electron chi connectivity index (χ1n) is 9.30. The van der Waals surface area contributed by atoms with Gasteiger partial charge in [-0.15, -0.1) is 0 Å². The molecule has 6 heteroatoms. The first kappa shape index (κ1) is 21.1. The van der Waals surface area contributed by atoms with Gasteiger partial charge in [-0.05, 0) is 31.9 Å². The lowest BCUT2D eigenvalue weighted by Gasteiger charge is -2.22. The van der Waals surface area contributed by atoms with E-state index in [-0.39, 0.29) is 6.29 Å². The molecule has 23 heavy (non-hydrogen) atoms. The third-order valence-corrected chi connectivity index (χ3v) is 5.68. The Morgan fingerprint density at radius 3 is 2.43 bits per heavy atom. The van der Waals surface area contributed by atoms with Crippen LogP contribution >= 0.6 is 0 Å². The van der Waals surface area contributed by atoms with Crippen LogP contribution in [0.5, 0.6) is 0 Å². The van der Waals surface area contributed by atoms with Crippen molar-refractivity contribution in [3.8, 4) is 0 Å². The third-order valence-electron chi connectivity index (χ3n) is 3.69. The van der Waals surface area contributed by atoms with Gasteiger partial charge in [-0.2, -0.15) is 0 Å². The van der Waals surface area contributed by atoms with Gasteiger partial charge >= 0.3 is 0 Å². The lowest BCUT2D eigenvalue weighted by atomic mass is 10.4. The largest absolute Gasteiger partial charge is 0.394 e. The van der Waals surface area contributed by atoms with Crippen molar-refractivity contribution in [3.63, 3.8) is 0 Å². The molecule has 0 amide bonds. The van der Waals surface area contributed by atoms with Crippen molar-refractivity contribution in [2.24, 2.45) is 0 Å². The molecule has 0 bridgehead atoms. The zero-order valence-corrected chi connectivity index (χ0v) is 16.4. The van der Waals surface area contributed by atoms with Crippen LogP contribution in [-0.4, -0.2) is 61.1 Å². The van der Waals surface area contributed by atoms with E-state index in [1.807, 2.05) is 0 Å². The average Bonchev–Trinajstić information content (AvgIpc) is 3.35. The second kappa shape index (κ2) is 14.4. The fraction of sp³-hybridized carbons (Fsp3) is 1.00. The van der Waals surface area contributed by atoms with Crippen LogP contribution in [0, 0.1) is 0 Å². The molecule has 0 aliphatic carbocycles. The number of unbranched alkanes of at least 4 members (excludes halogenated alkanes) is 2. The van der Waals surface area contributed by atoms with Crippen molar-refractivity contribution in [1.82, 2.24) is 0 Å². The molecule has 1 heterocycles. The maximum atomic E-state index is 6.13. The Bertz CT molecular complexity index is 263. The zero-order chi connectivity index (χ0) is 16.8. The van der Waals surface area contributed by atoms with E-state index < -0.39 is 9.04 Å². The maximum Gasteiger partial charge on any atom is 0.177 e. The van der Waals surface area contributed by atoms with Crippen LogP contribution in [0.15, 0.2) is 0 Å². The monoisotopic (exact) mass is 348 g/mol. The van der Waals surface area contributed by atoms with Crippen LogP contribution in [0.3, 0.4) is 0 Å². The molecule has 1 rings (SSSR count). The van der Waals surface area contributed by atoms with Crippen molar-refractivity contribution < 1.29 is 23.4 Å². The molecular weight excluding hydrogens is 312 g/mol. The van der Waals surface area contributed by atoms with Gasteiger partial charge < -0.3 is 23.4 Å². The zero-order valence-electron chi connectivity index (χ0n) is 15.3. The predicted octanol–water partition coefficient (Wildman–Crippen LogP) is 3.12. The molecule has 138 valence electrons. The molecule has 0 aromatic rings. The summed E-state index contributed by atoms with van der Waals surface area (Å²) in [5.41, 5.74) is 0. The minimum atomic E-state index is -1.24. The van der Waals surface area contributed by atoms with E-state index in [0.717, 1.165) is 71.2 Å². The molecule has 0 aromatic heterocycles. The highest BCUT2D eigenvalue weighted by Gasteiger charge is 2.22. The molecule has 1 saturated heterocycles. The molecule has 0 saturated carbocycles. The van der Waals surface area contributed by atoms with Gasteiger partial charge in [-0.3, -0.25) is 0 Å². The van der Waals surface area contributed by atoms with Crippen LogP contribution in [0.2, 0.25) is 12.6 Å². The van der Waals surface area contributed by atoms with E-state index >= 15 is 0 Å². The summed E-state index contributed by atoms with van der Waals surface area (Å²) in [7, 11) is -1.24. The van der Waals surface area contributed by atoms with Gasteiger partial charge in [0, 0.05) is 19.8 Å². The van der Waals surface area contributed by atoms with E-state index in [0.29, 0.717) is 12.7 Å². The first-order valence-corrected chi connectivity index (χ1v) is 11.7. The average molecular weight is 349 g/mol. The Morgan fingerprint density at radius 1 is 1.04 bits per heavy atom. The van der Waals surface area contributed by atoms with Crippen LogP contribution in [-0.2, 0) is 23.4 Å². The number of epoxide rings is 1. The summed E-state index contributed by atoms with van der Waals surface area (Å²) in [5, 5.41) is 0. The van der Waals surface area contributed by atoms with Gasteiger partial charge in [-0.25, -0.2) is 0 Å². The van der Waals surface area contributed by atoms with Crippen molar-refractivity contribution in [3.05, 3.63) is 0 Å². The fourth-order valence-electron chi connectivity index (χ4n) is 2.09. The Kier molecular flexibility index (Phi) is 13.2. The van der Waals surface area contributed by atoms with Crippen molar-refractivity contribution in [2.45, 2.75) is 70.9 Å². The number of ether oxygens (including phenoxy) is 4. The van der Waals surface area contributed by atoms with Gasteiger partial charge in [0.1, 0.15) is 6.10 Å². The quantitative estimate of drug-likeness (QED) is 0.175. The SMILES string of the molecule is CCCCOCC(OCCCC)O[SiH](C)CCCOCC1CO1. The predicted molar refractivity (Wildman–Crippen MR) is 94.5 cm³/mol. The van der Waals surface area contributed by atoms with Gasteiger partial charge in [0.15, 0.2) is 15.3 Å². The van der Waals surface area contributed by atoms with Crippen molar-refractivity contribution >= 4 is 9.04 Å². The molecule has 1 aliphatic heterocycles. The van der Waals surface area contributed by atoms with Crippen LogP contribution in [0.25, 0.3) is 0 Å². The summed E-state index contributed by atoms with van der Waals surface area (Å²) in [5.74, 6) is 0. The fourth-order valence-corrected chi connectivity index (χ4v) is 3.64. The first-order chi connectivity index (χ1) is 11.3. The number of hydrogen-bond acceptors (Lipinski definition) is 5. The van der Waals surface area contributed by atoms with Crippen LogP contribution < -0.4 is 0 Å². The standard InChI is InChI=1S/C17H36O5Si/c1-4-6-9-19-15-17(20-11-7-5-2)22-23(3)12-8-10-18-13-16-14-21-16/h16-17,23H,4-15H2,1-3H3. The third kappa shape index (κ3) is 13.0. The minimum Gasteiger partial charge on any atom is -0.394 e. The summed E-state index contributed by atoms with van der Waals surface area (Å²) in [6, 6.07) is 1.11. The van der Waals surface area contributed by atoms with Gasteiger partial charge in [0.05, 0.1) is 19.8 Å². The Balaban J connectivity index is 2.08. The van der Waals surface area contributed by atoms with Gasteiger partial charge in [-0.1, -0.05) is 26.7 Å². The second-order valence-corrected chi connectivity index (χ2v) is 8.67. The van der Waals surface area contributed by atoms with E-state index in [4.69, 9.17) is 23.4 Å². The highest BCUT2D eigenvalue weighted by Crippen LogP contribution is 2.10. The topological polar surface area (TPSA) is 49.5 Å². The molecule has 5 nitrogen and oxygen atoms in total. The summed E-state index contributed by atoms with van der Waals surface area (Å²) in [6.07, 6.45) is 5.67. The molecule has 1 fully saturated rings. The summed E-state index contributed by atoms with van der Waals surface area (Å²) >= 11 is 0. The van der Waals surface area contributed by atoms with E-state index in [1.54, 1.807) is 0 Å². The van der Waals surface area contributed by atoms with Crippen molar-refractivity contribution in [1.29, 1.82) is 0 Å². The highest BCUT2D eigenvalue weighted by molar-refractivity contribution is 6.50. The normalized spacial score (nSPS) is 19.7. The molecule has 0 N–H and O–H groups in total. The lowest BCUT2D eigenvalue weighted by Crippen LogP contribution is -2.30. The molecule has 0 radical (unpaired) electrons. The lowest BCUT2D eigenvalue weighted by molar-refractivity contribution is -0.124. The second-order valence-electron chi connectivity index (χ2n) is 6.20.